The van der Waals surface area contributed by atoms with Crippen LogP contribution in [-0.4, -0.2) is 63.4 Å². The number of nitrogens with zero attached hydrogens (tertiary/aromatic N) is 4. The van der Waals surface area contributed by atoms with Crippen molar-refractivity contribution in [2.75, 3.05) is 13.1 Å². The summed E-state index contributed by atoms with van der Waals surface area (Å²) in [5, 5.41) is 0. The Hall–Kier alpha value is -1.61. The second-order valence-electron chi connectivity index (χ2n) is 6.80. The van der Waals surface area contributed by atoms with E-state index in [9.17, 15) is 13.2 Å². The zero-order valence-electron chi connectivity index (χ0n) is 14.1. The lowest BCUT2D eigenvalue weighted by molar-refractivity contribution is -0.00508. The summed E-state index contributed by atoms with van der Waals surface area (Å²) >= 11 is 0. The van der Waals surface area contributed by atoms with E-state index in [2.05, 4.69) is 4.98 Å². The Morgan fingerprint density at radius 1 is 1.22 bits per heavy atom. The zero-order chi connectivity index (χ0) is 17.4. The maximum atomic E-state index is 12.6. The number of hydrogen-bond acceptors (Lipinski definition) is 5. The molecule has 1 saturated heterocycles. The van der Waals surface area contributed by atoms with E-state index >= 15 is 0 Å². The highest BCUT2D eigenvalue weighted by atomic mass is 32.2. The van der Waals surface area contributed by atoms with Crippen LogP contribution in [0.5, 0.6) is 0 Å². The minimum atomic E-state index is -3.66. The Balaban J connectivity index is 2.15. The summed E-state index contributed by atoms with van der Waals surface area (Å²) in [5.74, 6) is 0. The van der Waals surface area contributed by atoms with Crippen molar-refractivity contribution in [3.05, 3.63) is 18.7 Å². The lowest BCUT2D eigenvalue weighted by atomic mass is 10.1. The van der Waals surface area contributed by atoms with Crippen LogP contribution >= 0.6 is 0 Å². The van der Waals surface area contributed by atoms with Crippen molar-refractivity contribution in [1.29, 1.82) is 0 Å². The lowest BCUT2D eigenvalue weighted by Gasteiger charge is -2.43. The van der Waals surface area contributed by atoms with Gasteiger partial charge in [0.25, 0.3) is 0 Å². The van der Waals surface area contributed by atoms with Crippen molar-refractivity contribution >= 4 is 16.3 Å². The normalized spacial score (nSPS) is 23.8. The highest BCUT2D eigenvalue weighted by Gasteiger charge is 2.39. The van der Waals surface area contributed by atoms with E-state index in [-0.39, 0.29) is 25.2 Å². The summed E-state index contributed by atoms with van der Waals surface area (Å²) in [6.45, 7) is 9.47. The van der Waals surface area contributed by atoms with Crippen LogP contribution in [0.2, 0.25) is 0 Å². The molecule has 130 valence electrons. The van der Waals surface area contributed by atoms with Crippen LogP contribution in [0.4, 0.5) is 4.79 Å². The Morgan fingerprint density at radius 2 is 1.78 bits per heavy atom. The fourth-order valence-corrected chi connectivity index (χ4v) is 4.11. The maximum Gasteiger partial charge on any atom is 0.410 e. The third-order valence-electron chi connectivity index (χ3n) is 3.56. The van der Waals surface area contributed by atoms with Crippen molar-refractivity contribution in [3.63, 3.8) is 0 Å². The molecule has 23 heavy (non-hydrogen) atoms. The molecule has 1 aliphatic heterocycles. The first-order valence-corrected chi connectivity index (χ1v) is 8.92. The van der Waals surface area contributed by atoms with E-state index in [1.807, 2.05) is 13.8 Å². The quantitative estimate of drug-likeness (QED) is 0.807. The number of amides is 1. The second-order valence-corrected chi connectivity index (χ2v) is 8.64. The van der Waals surface area contributed by atoms with Crippen molar-refractivity contribution in [1.82, 2.24) is 18.2 Å². The molecule has 1 fully saturated rings. The summed E-state index contributed by atoms with van der Waals surface area (Å²) in [6.07, 6.45) is 3.65. The minimum absolute atomic E-state index is 0.212. The number of piperazine rings is 1. The molecule has 0 unspecified atom stereocenters. The summed E-state index contributed by atoms with van der Waals surface area (Å²) in [6, 6.07) is -0.571. The fraction of sp³-hybridized carbons (Fsp3) is 0.714. The van der Waals surface area contributed by atoms with Crippen LogP contribution in [0.15, 0.2) is 18.7 Å². The van der Waals surface area contributed by atoms with Gasteiger partial charge in [0.2, 0.25) is 0 Å². The molecule has 2 heterocycles. The number of ether oxygens (including phenoxy) is 1. The van der Waals surface area contributed by atoms with Crippen LogP contribution < -0.4 is 0 Å². The molecule has 8 nitrogen and oxygen atoms in total. The largest absolute Gasteiger partial charge is 0.444 e. The van der Waals surface area contributed by atoms with Gasteiger partial charge in [-0.05, 0) is 34.6 Å². The summed E-state index contributed by atoms with van der Waals surface area (Å²) < 4.78 is 33.0. The average Bonchev–Trinajstić information content (AvgIpc) is 2.89. The van der Waals surface area contributed by atoms with E-state index in [0.717, 1.165) is 3.97 Å². The molecule has 0 saturated carbocycles. The number of hydrogen-bond donors (Lipinski definition) is 0. The molecule has 0 spiro atoms. The SMILES string of the molecule is C[C@@H]1CN(S(=O)(=O)n2ccnc2)C[C@H](C)N1C(=O)OC(C)(C)C. The summed E-state index contributed by atoms with van der Waals surface area (Å²) in [7, 11) is -3.66. The maximum absolute atomic E-state index is 12.6. The van der Waals surface area contributed by atoms with Gasteiger partial charge in [-0.2, -0.15) is 12.7 Å². The molecule has 0 aromatic carbocycles. The van der Waals surface area contributed by atoms with Gasteiger partial charge in [-0.1, -0.05) is 0 Å². The van der Waals surface area contributed by atoms with Gasteiger partial charge in [-0.3, -0.25) is 0 Å². The molecule has 0 N–H and O–H groups in total. The summed E-state index contributed by atoms with van der Waals surface area (Å²) in [4.78, 5) is 17.7. The Kier molecular flexibility index (Phi) is 4.72. The van der Waals surface area contributed by atoms with Gasteiger partial charge in [0.05, 0.1) is 0 Å². The van der Waals surface area contributed by atoms with Crippen molar-refractivity contribution < 1.29 is 17.9 Å². The molecule has 1 aromatic rings. The van der Waals surface area contributed by atoms with Crippen LogP contribution in [0.1, 0.15) is 34.6 Å². The fourth-order valence-electron chi connectivity index (χ4n) is 2.65. The first-order chi connectivity index (χ1) is 10.5. The highest BCUT2D eigenvalue weighted by molar-refractivity contribution is 7.87. The topological polar surface area (TPSA) is 84.7 Å². The number of aromatic nitrogens is 2. The lowest BCUT2D eigenvalue weighted by Crippen LogP contribution is -2.60. The van der Waals surface area contributed by atoms with Gasteiger partial charge >= 0.3 is 16.3 Å². The first-order valence-electron chi connectivity index (χ1n) is 7.52. The highest BCUT2D eigenvalue weighted by Crippen LogP contribution is 2.22. The number of imidazole rings is 1. The zero-order valence-corrected chi connectivity index (χ0v) is 14.9. The van der Waals surface area contributed by atoms with E-state index < -0.39 is 21.9 Å². The van der Waals surface area contributed by atoms with Crippen molar-refractivity contribution in [3.8, 4) is 0 Å². The predicted molar refractivity (Wildman–Crippen MR) is 85.1 cm³/mol. The van der Waals surface area contributed by atoms with E-state index in [1.54, 1.807) is 25.7 Å². The van der Waals surface area contributed by atoms with Crippen LogP contribution in [-0.2, 0) is 14.9 Å². The third kappa shape index (κ3) is 3.84. The van der Waals surface area contributed by atoms with Gasteiger partial charge in [0.15, 0.2) is 0 Å². The van der Waals surface area contributed by atoms with Gasteiger partial charge in [0.1, 0.15) is 11.9 Å². The number of carbonyl (C=O) groups excluding carboxylic acids is 1. The van der Waals surface area contributed by atoms with Crippen LogP contribution in [0, 0.1) is 0 Å². The molecule has 0 aliphatic carbocycles. The van der Waals surface area contributed by atoms with Crippen LogP contribution in [0.25, 0.3) is 0 Å². The monoisotopic (exact) mass is 344 g/mol. The molecular weight excluding hydrogens is 320 g/mol. The van der Waals surface area contributed by atoms with Gasteiger partial charge < -0.3 is 9.64 Å². The Labute approximate surface area is 137 Å². The smallest absolute Gasteiger partial charge is 0.410 e. The van der Waals surface area contributed by atoms with Gasteiger partial charge in [-0.25, -0.2) is 13.8 Å². The number of carbonyl (C=O) groups is 1. The predicted octanol–water partition coefficient (Wildman–Crippen LogP) is 1.31. The second kappa shape index (κ2) is 6.12. The molecule has 1 amide bonds. The molecule has 0 radical (unpaired) electrons. The summed E-state index contributed by atoms with van der Waals surface area (Å²) in [5.41, 5.74) is -0.587. The van der Waals surface area contributed by atoms with Gasteiger partial charge in [-0.15, -0.1) is 0 Å². The molecule has 1 aromatic heterocycles. The van der Waals surface area contributed by atoms with Crippen LogP contribution in [0.3, 0.4) is 0 Å². The van der Waals surface area contributed by atoms with E-state index in [0.29, 0.717) is 0 Å². The first kappa shape index (κ1) is 17.7. The minimum Gasteiger partial charge on any atom is -0.444 e. The molecule has 9 heteroatoms. The average molecular weight is 344 g/mol. The Bertz CT molecular complexity index is 639. The third-order valence-corrected chi connectivity index (χ3v) is 5.26. The van der Waals surface area contributed by atoms with Crippen molar-refractivity contribution in [2.45, 2.75) is 52.3 Å². The van der Waals surface area contributed by atoms with Crippen molar-refractivity contribution in [2.24, 2.45) is 0 Å². The van der Waals surface area contributed by atoms with Gasteiger partial charge in [0, 0.05) is 37.6 Å². The molecular formula is C14H24N4O4S. The molecule has 0 bridgehead atoms. The molecule has 2 atom stereocenters. The Morgan fingerprint density at radius 3 is 2.22 bits per heavy atom. The molecule has 1 aliphatic rings. The van der Waals surface area contributed by atoms with E-state index in [1.165, 1.54) is 23.0 Å². The molecule has 2 rings (SSSR count). The number of rotatable bonds is 2. The standard InChI is InChI=1S/C14H24N4O4S/c1-11-8-17(23(20,21)16-7-6-15-10-16)9-12(2)18(11)13(19)22-14(3,4)5/h6-7,10-12H,8-9H2,1-5H3/t11-,12+. The van der Waals surface area contributed by atoms with E-state index in [4.69, 9.17) is 4.74 Å².